The summed E-state index contributed by atoms with van der Waals surface area (Å²) in [5.41, 5.74) is 0.130. The van der Waals surface area contributed by atoms with Crippen LogP contribution in [0.25, 0.3) is 11.0 Å². The standard InChI is InChI=1S/C31H34ClN5O5S/c1-33-16-18-34(19-17-33)24-14-15-35(21-24)30(38)29(22-6-4-3-5-7-22)36-28-20-23(32)8-13-27(28)37(31(36)39)43(40,41)26-11-9-25(42-2)10-12-26/h3-13,20,24,29H,14-19,21H2,1-2H3. The summed E-state index contributed by atoms with van der Waals surface area (Å²) in [4.78, 5) is 35.2. The van der Waals surface area contributed by atoms with Gasteiger partial charge in [0.15, 0.2) is 0 Å². The Balaban J connectivity index is 1.46. The summed E-state index contributed by atoms with van der Waals surface area (Å²) in [5, 5.41) is 0.316. The Labute approximate surface area is 255 Å². The van der Waals surface area contributed by atoms with Crippen molar-refractivity contribution in [1.29, 1.82) is 0 Å². The van der Waals surface area contributed by atoms with Gasteiger partial charge in [-0.1, -0.05) is 41.9 Å². The second-order valence-electron chi connectivity index (χ2n) is 11.1. The monoisotopic (exact) mass is 623 g/mol. The molecule has 2 fully saturated rings. The molecule has 2 saturated heterocycles. The van der Waals surface area contributed by atoms with E-state index in [1.165, 1.54) is 48.1 Å². The molecule has 6 rings (SSSR count). The van der Waals surface area contributed by atoms with Gasteiger partial charge < -0.3 is 14.5 Å². The Morgan fingerprint density at radius 2 is 1.63 bits per heavy atom. The van der Waals surface area contributed by atoms with Crippen molar-refractivity contribution in [1.82, 2.24) is 23.2 Å². The molecule has 43 heavy (non-hydrogen) atoms. The second-order valence-corrected chi connectivity index (χ2v) is 13.3. The number of hydrogen-bond donors (Lipinski definition) is 0. The third-order valence-electron chi connectivity index (χ3n) is 8.53. The molecule has 12 heteroatoms. The van der Waals surface area contributed by atoms with Crippen molar-refractivity contribution < 1.29 is 17.9 Å². The van der Waals surface area contributed by atoms with Gasteiger partial charge in [-0.25, -0.2) is 13.2 Å². The first kappa shape index (κ1) is 29.4. The number of benzene rings is 3. The SMILES string of the molecule is COc1ccc(S(=O)(=O)n2c(=O)n(C(C(=O)N3CCC(N4CCN(C)CC4)C3)c3ccccc3)c3cc(Cl)ccc32)cc1. The number of halogens is 1. The van der Waals surface area contributed by atoms with Crippen molar-refractivity contribution in [3.05, 3.63) is 93.9 Å². The number of hydrogen-bond acceptors (Lipinski definition) is 7. The van der Waals surface area contributed by atoms with E-state index in [2.05, 4.69) is 16.8 Å². The van der Waals surface area contributed by atoms with Crippen LogP contribution in [0.4, 0.5) is 0 Å². The van der Waals surface area contributed by atoms with Gasteiger partial charge in [-0.3, -0.25) is 14.3 Å². The molecule has 0 spiro atoms. The lowest BCUT2D eigenvalue weighted by atomic mass is 10.0. The van der Waals surface area contributed by atoms with Gasteiger partial charge in [0.1, 0.15) is 11.8 Å². The van der Waals surface area contributed by atoms with Crippen LogP contribution in [-0.2, 0) is 14.8 Å². The van der Waals surface area contributed by atoms with Gasteiger partial charge in [0.2, 0.25) is 0 Å². The highest BCUT2D eigenvalue weighted by atomic mass is 35.5. The quantitative estimate of drug-likeness (QED) is 0.312. The minimum atomic E-state index is -4.35. The predicted octanol–water partition coefficient (Wildman–Crippen LogP) is 3.14. The lowest BCUT2D eigenvalue weighted by Crippen LogP contribution is -2.50. The van der Waals surface area contributed by atoms with E-state index in [9.17, 15) is 18.0 Å². The number of amides is 1. The van der Waals surface area contributed by atoms with Gasteiger partial charge in [-0.05, 0) is 61.5 Å². The number of likely N-dealkylation sites (tertiary alicyclic amines) is 1. The first-order chi connectivity index (χ1) is 20.7. The molecule has 2 atom stereocenters. The van der Waals surface area contributed by atoms with Gasteiger partial charge in [-0.2, -0.15) is 3.97 Å². The molecule has 2 unspecified atom stereocenters. The molecule has 0 bridgehead atoms. The van der Waals surface area contributed by atoms with Crippen LogP contribution in [-0.4, -0.2) is 97.0 Å². The van der Waals surface area contributed by atoms with Crippen molar-refractivity contribution in [2.45, 2.75) is 23.4 Å². The summed E-state index contributed by atoms with van der Waals surface area (Å²) in [5.74, 6) is 0.224. The summed E-state index contributed by atoms with van der Waals surface area (Å²) in [6.45, 7) is 4.95. The number of carbonyl (C=O) groups is 1. The van der Waals surface area contributed by atoms with E-state index in [1.807, 2.05) is 6.07 Å². The Morgan fingerprint density at radius 1 is 0.930 bits per heavy atom. The summed E-state index contributed by atoms with van der Waals surface area (Å²) in [6.07, 6.45) is 0.839. The molecule has 1 aromatic heterocycles. The lowest BCUT2D eigenvalue weighted by Gasteiger charge is -2.36. The third kappa shape index (κ3) is 5.46. The van der Waals surface area contributed by atoms with Gasteiger partial charge in [0.05, 0.1) is 23.0 Å². The third-order valence-corrected chi connectivity index (χ3v) is 10.5. The van der Waals surface area contributed by atoms with Crippen molar-refractivity contribution in [3.63, 3.8) is 0 Å². The Kier molecular flexibility index (Phi) is 8.08. The number of imidazole rings is 1. The summed E-state index contributed by atoms with van der Waals surface area (Å²) >= 11 is 6.40. The van der Waals surface area contributed by atoms with E-state index in [0.29, 0.717) is 29.4 Å². The molecule has 0 N–H and O–H groups in total. The van der Waals surface area contributed by atoms with Gasteiger partial charge in [0.25, 0.3) is 15.9 Å². The second kappa shape index (κ2) is 11.8. The number of nitrogens with zero attached hydrogens (tertiary/aromatic N) is 5. The van der Waals surface area contributed by atoms with Crippen LogP contribution < -0.4 is 10.4 Å². The molecule has 0 radical (unpaired) electrons. The molecule has 10 nitrogen and oxygen atoms in total. The van der Waals surface area contributed by atoms with Crippen molar-refractivity contribution in [3.8, 4) is 5.75 Å². The van der Waals surface area contributed by atoms with Crippen LogP contribution in [0.2, 0.25) is 5.02 Å². The van der Waals surface area contributed by atoms with Crippen LogP contribution in [0.1, 0.15) is 18.0 Å². The fraction of sp³-hybridized carbons (Fsp3) is 0.355. The molecule has 1 amide bonds. The number of likely N-dealkylation sites (N-methyl/N-ethyl adjacent to an activating group) is 1. The Bertz CT molecular complexity index is 1800. The first-order valence-corrected chi connectivity index (χ1v) is 16.1. The molecule has 0 aliphatic carbocycles. The Hall–Kier alpha value is -3.64. The molecule has 0 saturated carbocycles. The molecule has 2 aliphatic heterocycles. The van der Waals surface area contributed by atoms with E-state index in [0.717, 1.165) is 36.6 Å². The summed E-state index contributed by atoms with van der Waals surface area (Å²) in [7, 11) is -0.754. The van der Waals surface area contributed by atoms with E-state index in [4.69, 9.17) is 16.3 Å². The van der Waals surface area contributed by atoms with Crippen molar-refractivity contribution in [2.75, 3.05) is 53.4 Å². The number of fused-ring (bicyclic) bond motifs is 1. The number of carbonyl (C=O) groups excluding carboxylic acids is 1. The van der Waals surface area contributed by atoms with E-state index >= 15 is 0 Å². The largest absolute Gasteiger partial charge is 0.497 e. The molecule has 3 heterocycles. The van der Waals surface area contributed by atoms with Gasteiger partial charge >= 0.3 is 5.69 Å². The van der Waals surface area contributed by atoms with Crippen LogP contribution >= 0.6 is 11.6 Å². The number of aromatic nitrogens is 2. The maximum Gasteiger partial charge on any atom is 0.344 e. The molecule has 226 valence electrons. The maximum absolute atomic E-state index is 14.4. The predicted molar refractivity (Wildman–Crippen MR) is 165 cm³/mol. The van der Waals surface area contributed by atoms with E-state index in [1.54, 1.807) is 35.2 Å². The molecule has 4 aromatic rings. The van der Waals surface area contributed by atoms with Crippen molar-refractivity contribution in [2.24, 2.45) is 0 Å². The number of methoxy groups -OCH3 is 1. The average molecular weight is 624 g/mol. The normalized spacial score (nSPS) is 19.1. The van der Waals surface area contributed by atoms with Crippen LogP contribution in [0.5, 0.6) is 5.75 Å². The molecular weight excluding hydrogens is 590 g/mol. The van der Waals surface area contributed by atoms with Crippen LogP contribution in [0, 0.1) is 0 Å². The van der Waals surface area contributed by atoms with Gasteiger partial charge in [0, 0.05) is 50.3 Å². The minimum Gasteiger partial charge on any atom is -0.497 e. The number of rotatable bonds is 7. The summed E-state index contributed by atoms with van der Waals surface area (Å²) in [6, 6.07) is 18.6. The fourth-order valence-corrected chi connectivity index (χ4v) is 7.70. The topological polar surface area (TPSA) is 97.1 Å². The molecule has 2 aliphatic rings. The fourth-order valence-electron chi connectivity index (χ4n) is 6.14. The number of piperazine rings is 1. The molecular formula is C31H34ClN5O5S. The molecule has 3 aromatic carbocycles. The van der Waals surface area contributed by atoms with Crippen LogP contribution in [0.3, 0.4) is 0 Å². The average Bonchev–Trinajstić information content (AvgIpc) is 3.62. The zero-order valence-corrected chi connectivity index (χ0v) is 25.7. The highest BCUT2D eigenvalue weighted by molar-refractivity contribution is 7.90. The highest BCUT2D eigenvalue weighted by Crippen LogP contribution is 2.31. The van der Waals surface area contributed by atoms with E-state index < -0.39 is 21.8 Å². The summed E-state index contributed by atoms with van der Waals surface area (Å²) < 4.78 is 35.2. The zero-order chi connectivity index (χ0) is 30.3. The van der Waals surface area contributed by atoms with Gasteiger partial charge in [-0.15, -0.1) is 0 Å². The smallest absolute Gasteiger partial charge is 0.344 e. The number of ether oxygens (including phenoxy) is 1. The van der Waals surface area contributed by atoms with Crippen molar-refractivity contribution >= 4 is 38.6 Å². The highest BCUT2D eigenvalue weighted by Gasteiger charge is 2.38. The lowest BCUT2D eigenvalue weighted by molar-refractivity contribution is -0.132. The Morgan fingerprint density at radius 3 is 2.30 bits per heavy atom. The van der Waals surface area contributed by atoms with Crippen LogP contribution in [0.15, 0.2) is 82.5 Å². The van der Waals surface area contributed by atoms with E-state index in [-0.39, 0.29) is 27.9 Å². The zero-order valence-electron chi connectivity index (χ0n) is 24.1. The first-order valence-electron chi connectivity index (χ1n) is 14.3. The maximum atomic E-state index is 14.4. The minimum absolute atomic E-state index is 0.0819.